The summed E-state index contributed by atoms with van der Waals surface area (Å²) in [5, 5.41) is 10.1. The monoisotopic (exact) mass is 250 g/mol. The smallest absolute Gasteiger partial charge is 0.0803 e. The maximum atomic E-state index is 10.1. The summed E-state index contributed by atoms with van der Waals surface area (Å²) in [7, 11) is 0. The van der Waals surface area contributed by atoms with Crippen molar-refractivity contribution < 1.29 is 5.11 Å². The van der Waals surface area contributed by atoms with E-state index in [1.54, 1.807) is 0 Å². The Bertz CT molecular complexity index is 335. The molecule has 0 fully saturated rings. The third-order valence-corrected chi connectivity index (χ3v) is 3.09. The van der Waals surface area contributed by atoms with E-state index in [9.17, 15) is 5.11 Å². The van der Waals surface area contributed by atoms with Crippen molar-refractivity contribution in [2.45, 2.75) is 39.2 Å². The fraction of sp³-hybridized carbons (Fsp3) is 0.600. The maximum Gasteiger partial charge on any atom is 0.0803 e. The summed E-state index contributed by atoms with van der Waals surface area (Å²) in [5.41, 5.74) is 7.36. The normalized spacial score (nSPS) is 12.9. The van der Waals surface area contributed by atoms with Crippen molar-refractivity contribution in [2.75, 3.05) is 25.4 Å². The van der Waals surface area contributed by atoms with Crippen LogP contribution in [0.2, 0.25) is 0 Å². The van der Waals surface area contributed by atoms with Gasteiger partial charge in [0.1, 0.15) is 0 Å². The Balaban J connectivity index is 2.46. The van der Waals surface area contributed by atoms with Crippen LogP contribution in [0.5, 0.6) is 0 Å². The van der Waals surface area contributed by atoms with Crippen LogP contribution in [0.15, 0.2) is 24.3 Å². The number of aliphatic hydroxyl groups is 1. The Morgan fingerprint density at radius 1 is 1.17 bits per heavy atom. The van der Waals surface area contributed by atoms with Gasteiger partial charge in [-0.05, 0) is 50.0 Å². The molecule has 1 atom stereocenters. The van der Waals surface area contributed by atoms with Crippen molar-refractivity contribution in [1.29, 1.82) is 0 Å². The highest BCUT2D eigenvalue weighted by molar-refractivity contribution is 5.41. The maximum absolute atomic E-state index is 10.1. The van der Waals surface area contributed by atoms with Crippen LogP contribution in [-0.4, -0.2) is 29.6 Å². The van der Waals surface area contributed by atoms with Gasteiger partial charge in [0.25, 0.3) is 0 Å². The van der Waals surface area contributed by atoms with Crippen LogP contribution in [0, 0.1) is 0 Å². The van der Waals surface area contributed by atoms with Gasteiger partial charge in [-0.15, -0.1) is 0 Å². The molecule has 3 nitrogen and oxygen atoms in total. The molecule has 0 aliphatic heterocycles. The van der Waals surface area contributed by atoms with Gasteiger partial charge in [0.05, 0.1) is 6.10 Å². The first-order valence-electron chi connectivity index (χ1n) is 6.93. The Morgan fingerprint density at radius 2 is 1.83 bits per heavy atom. The molecule has 0 aliphatic carbocycles. The minimum absolute atomic E-state index is 0.412. The third kappa shape index (κ3) is 5.07. The molecule has 18 heavy (non-hydrogen) atoms. The van der Waals surface area contributed by atoms with E-state index < -0.39 is 6.10 Å². The van der Waals surface area contributed by atoms with Gasteiger partial charge in [0, 0.05) is 12.2 Å². The highest BCUT2D eigenvalue weighted by Gasteiger charge is 2.10. The molecule has 1 aromatic carbocycles. The quantitative estimate of drug-likeness (QED) is 0.698. The molecule has 0 spiro atoms. The second-order valence-electron chi connectivity index (χ2n) is 4.82. The van der Waals surface area contributed by atoms with Gasteiger partial charge in [-0.1, -0.05) is 26.0 Å². The van der Waals surface area contributed by atoms with Gasteiger partial charge in [0.2, 0.25) is 0 Å². The fourth-order valence-electron chi connectivity index (χ4n) is 2.21. The summed E-state index contributed by atoms with van der Waals surface area (Å²) in [6.07, 6.45) is 2.68. The van der Waals surface area contributed by atoms with Crippen LogP contribution in [0.25, 0.3) is 0 Å². The van der Waals surface area contributed by atoms with E-state index in [1.165, 1.54) is 0 Å². The Labute approximate surface area is 111 Å². The molecular weight excluding hydrogens is 224 g/mol. The Kier molecular flexibility index (Phi) is 6.76. The van der Waals surface area contributed by atoms with Gasteiger partial charge in [-0.3, -0.25) is 0 Å². The number of rotatable bonds is 8. The van der Waals surface area contributed by atoms with E-state index in [4.69, 9.17) is 5.73 Å². The zero-order chi connectivity index (χ0) is 13.4. The number of hydrogen-bond donors (Lipinski definition) is 2. The van der Waals surface area contributed by atoms with Crippen molar-refractivity contribution in [3.8, 4) is 0 Å². The van der Waals surface area contributed by atoms with Crippen molar-refractivity contribution in [3.63, 3.8) is 0 Å². The summed E-state index contributed by atoms with van der Waals surface area (Å²) >= 11 is 0. The minimum atomic E-state index is -0.412. The standard InChI is InChI=1S/C15H26N2O/c1-3-9-17(10-4-2)11-8-15(18)13-6-5-7-14(16)12-13/h5-7,12,15,18H,3-4,8-11,16H2,1-2H3. The van der Waals surface area contributed by atoms with Crippen molar-refractivity contribution in [2.24, 2.45) is 0 Å². The molecular formula is C15H26N2O. The van der Waals surface area contributed by atoms with E-state index in [0.717, 1.165) is 44.5 Å². The molecule has 102 valence electrons. The predicted molar refractivity (Wildman–Crippen MR) is 77.5 cm³/mol. The van der Waals surface area contributed by atoms with Gasteiger partial charge < -0.3 is 15.7 Å². The first-order valence-corrected chi connectivity index (χ1v) is 6.93. The molecule has 3 N–H and O–H groups in total. The average molecular weight is 250 g/mol. The van der Waals surface area contributed by atoms with Crippen LogP contribution in [0.4, 0.5) is 5.69 Å². The topological polar surface area (TPSA) is 49.5 Å². The highest BCUT2D eigenvalue weighted by Crippen LogP contribution is 2.19. The molecule has 0 radical (unpaired) electrons. The zero-order valence-electron chi connectivity index (χ0n) is 11.6. The first kappa shape index (κ1) is 15.0. The largest absolute Gasteiger partial charge is 0.399 e. The van der Waals surface area contributed by atoms with E-state index in [0.29, 0.717) is 5.69 Å². The van der Waals surface area contributed by atoms with Gasteiger partial charge in [0.15, 0.2) is 0 Å². The fourth-order valence-corrected chi connectivity index (χ4v) is 2.21. The summed E-state index contributed by atoms with van der Waals surface area (Å²) < 4.78 is 0. The number of nitrogens with zero attached hydrogens (tertiary/aromatic N) is 1. The van der Waals surface area contributed by atoms with Crippen LogP contribution < -0.4 is 5.73 Å². The Morgan fingerprint density at radius 3 is 2.39 bits per heavy atom. The van der Waals surface area contributed by atoms with Gasteiger partial charge >= 0.3 is 0 Å². The molecule has 0 amide bonds. The second-order valence-corrected chi connectivity index (χ2v) is 4.82. The van der Waals surface area contributed by atoms with Gasteiger partial charge in [-0.2, -0.15) is 0 Å². The van der Waals surface area contributed by atoms with Crippen LogP contribution in [-0.2, 0) is 0 Å². The molecule has 1 unspecified atom stereocenters. The third-order valence-electron chi connectivity index (χ3n) is 3.09. The number of aliphatic hydroxyl groups excluding tert-OH is 1. The zero-order valence-corrected chi connectivity index (χ0v) is 11.6. The first-order chi connectivity index (χ1) is 8.67. The SMILES string of the molecule is CCCN(CCC)CCC(O)c1cccc(N)c1. The van der Waals surface area contributed by atoms with E-state index in [-0.39, 0.29) is 0 Å². The van der Waals surface area contributed by atoms with Crippen LogP contribution in [0.1, 0.15) is 44.8 Å². The number of nitrogens with two attached hydrogens (primary N) is 1. The van der Waals surface area contributed by atoms with E-state index in [2.05, 4.69) is 18.7 Å². The summed E-state index contributed by atoms with van der Waals surface area (Å²) in [4.78, 5) is 2.41. The van der Waals surface area contributed by atoms with Crippen LogP contribution in [0.3, 0.4) is 0 Å². The van der Waals surface area contributed by atoms with Crippen molar-refractivity contribution in [3.05, 3.63) is 29.8 Å². The number of benzene rings is 1. The molecule has 0 bridgehead atoms. The molecule has 0 aliphatic rings. The van der Waals surface area contributed by atoms with E-state index in [1.807, 2.05) is 24.3 Å². The Hall–Kier alpha value is -1.06. The molecule has 0 saturated carbocycles. The van der Waals surface area contributed by atoms with Crippen LogP contribution >= 0.6 is 0 Å². The molecule has 0 aromatic heterocycles. The number of hydrogen-bond acceptors (Lipinski definition) is 3. The number of nitrogen functional groups attached to an aromatic ring is 1. The summed E-state index contributed by atoms with van der Waals surface area (Å²) in [6, 6.07) is 7.53. The molecule has 0 heterocycles. The minimum Gasteiger partial charge on any atom is -0.399 e. The molecule has 0 saturated heterocycles. The lowest BCUT2D eigenvalue weighted by Gasteiger charge is -2.22. The summed E-state index contributed by atoms with van der Waals surface area (Å²) in [5.74, 6) is 0. The predicted octanol–water partition coefficient (Wildman–Crippen LogP) is 2.81. The lowest BCUT2D eigenvalue weighted by atomic mass is 10.1. The average Bonchev–Trinajstić information content (AvgIpc) is 2.36. The van der Waals surface area contributed by atoms with E-state index >= 15 is 0 Å². The highest BCUT2D eigenvalue weighted by atomic mass is 16.3. The second kappa shape index (κ2) is 8.11. The van der Waals surface area contributed by atoms with Crippen molar-refractivity contribution >= 4 is 5.69 Å². The molecule has 1 aromatic rings. The lowest BCUT2D eigenvalue weighted by Crippen LogP contribution is -2.27. The lowest BCUT2D eigenvalue weighted by molar-refractivity contribution is 0.141. The summed E-state index contributed by atoms with van der Waals surface area (Å²) in [6.45, 7) is 7.54. The number of anilines is 1. The molecule has 3 heteroatoms. The van der Waals surface area contributed by atoms with Gasteiger partial charge in [-0.25, -0.2) is 0 Å². The van der Waals surface area contributed by atoms with Crippen molar-refractivity contribution in [1.82, 2.24) is 4.90 Å². The molecule has 1 rings (SSSR count).